The Balaban J connectivity index is 1.31. The molecule has 8 heteroatoms. The highest BCUT2D eigenvalue weighted by molar-refractivity contribution is 7.09. The van der Waals surface area contributed by atoms with Crippen LogP contribution in [0.15, 0.2) is 24.1 Å². The number of hydrogen-bond acceptors (Lipinski definition) is 7. The number of aromatic nitrogens is 3. The van der Waals surface area contributed by atoms with Crippen molar-refractivity contribution in [1.82, 2.24) is 25.2 Å². The molecule has 4 rings (SSSR count). The number of rotatable bonds is 5. The Morgan fingerprint density at radius 2 is 2.32 bits per heavy atom. The summed E-state index contributed by atoms with van der Waals surface area (Å²) in [6, 6.07) is 0. The zero-order valence-corrected chi connectivity index (χ0v) is 14.9. The molecule has 2 aliphatic heterocycles. The van der Waals surface area contributed by atoms with E-state index in [0.717, 1.165) is 25.3 Å². The third-order valence-electron chi connectivity index (χ3n) is 5.05. The van der Waals surface area contributed by atoms with Gasteiger partial charge in [-0.25, -0.2) is 9.97 Å². The fraction of sp³-hybridized carbons (Fsp3) is 0.529. The molecule has 1 N–H and O–H groups in total. The number of ether oxygens (including phenoxy) is 1. The second kappa shape index (κ2) is 7.15. The Kier molecular flexibility index (Phi) is 4.74. The molecule has 3 atom stereocenters. The van der Waals surface area contributed by atoms with Crippen molar-refractivity contribution in [2.24, 2.45) is 11.8 Å². The molecule has 0 bridgehead atoms. The van der Waals surface area contributed by atoms with Gasteiger partial charge >= 0.3 is 0 Å². The standard InChI is InChI=1S/C17H21N5O2S/c1-11-16(25-10-21-11)8-22-6-13-12(9-24-15(13)7-22)4-20-17(23)14-5-18-2-3-19-14/h2-3,5,10,12-13,15H,4,6-9H2,1H3,(H,20,23)/t12-,13-,15-/m0/s1. The summed E-state index contributed by atoms with van der Waals surface area (Å²) in [5.74, 6) is 0.639. The van der Waals surface area contributed by atoms with Crippen molar-refractivity contribution in [3.05, 3.63) is 40.4 Å². The molecular formula is C17H21N5O2S. The number of carbonyl (C=O) groups excluding carboxylic acids is 1. The maximum Gasteiger partial charge on any atom is 0.271 e. The number of nitrogens with zero attached hydrogens (tertiary/aromatic N) is 4. The van der Waals surface area contributed by atoms with Crippen LogP contribution in [0.2, 0.25) is 0 Å². The molecular weight excluding hydrogens is 338 g/mol. The Morgan fingerprint density at radius 1 is 1.40 bits per heavy atom. The van der Waals surface area contributed by atoms with Crippen LogP contribution in [0.1, 0.15) is 21.1 Å². The minimum absolute atomic E-state index is 0.174. The van der Waals surface area contributed by atoms with Gasteiger partial charge in [0.2, 0.25) is 0 Å². The van der Waals surface area contributed by atoms with E-state index in [9.17, 15) is 4.79 Å². The van der Waals surface area contributed by atoms with Crippen molar-refractivity contribution >= 4 is 17.2 Å². The van der Waals surface area contributed by atoms with Gasteiger partial charge in [0.05, 0.1) is 30.1 Å². The first kappa shape index (κ1) is 16.6. The molecule has 0 aromatic carbocycles. The quantitative estimate of drug-likeness (QED) is 0.862. The molecule has 0 aliphatic carbocycles. The van der Waals surface area contributed by atoms with E-state index in [1.165, 1.54) is 17.3 Å². The SMILES string of the molecule is Cc1ncsc1CN1C[C@H]2[C@@H](CNC(=O)c3cnccn3)CO[C@H]2C1. The summed E-state index contributed by atoms with van der Waals surface area (Å²) in [5, 5.41) is 2.98. The summed E-state index contributed by atoms with van der Waals surface area (Å²) < 4.78 is 5.97. The summed E-state index contributed by atoms with van der Waals surface area (Å²) in [5.41, 5.74) is 3.38. The van der Waals surface area contributed by atoms with Crippen LogP contribution in [0.5, 0.6) is 0 Å². The first-order valence-corrected chi connectivity index (χ1v) is 9.36. The monoisotopic (exact) mass is 359 g/mol. The molecule has 2 aromatic heterocycles. The minimum Gasteiger partial charge on any atom is -0.376 e. The van der Waals surface area contributed by atoms with Gasteiger partial charge in [-0.1, -0.05) is 0 Å². The predicted molar refractivity (Wildman–Crippen MR) is 93.2 cm³/mol. The number of carbonyl (C=O) groups is 1. The number of thiazole rings is 1. The maximum absolute atomic E-state index is 12.1. The minimum atomic E-state index is -0.174. The first-order valence-electron chi connectivity index (χ1n) is 8.48. The molecule has 2 fully saturated rings. The fourth-order valence-electron chi connectivity index (χ4n) is 3.63. The van der Waals surface area contributed by atoms with Crippen LogP contribution in [0.25, 0.3) is 0 Å². The lowest BCUT2D eigenvalue weighted by Crippen LogP contribution is -2.34. The topological polar surface area (TPSA) is 80.2 Å². The van der Waals surface area contributed by atoms with Gasteiger partial charge in [0, 0.05) is 55.3 Å². The van der Waals surface area contributed by atoms with E-state index in [1.807, 2.05) is 5.51 Å². The molecule has 0 saturated carbocycles. The van der Waals surface area contributed by atoms with Gasteiger partial charge < -0.3 is 10.1 Å². The van der Waals surface area contributed by atoms with Crippen molar-refractivity contribution in [2.45, 2.75) is 19.6 Å². The van der Waals surface area contributed by atoms with E-state index in [1.54, 1.807) is 17.5 Å². The summed E-state index contributed by atoms with van der Waals surface area (Å²) in [6.07, 6.45) is 4.84. The summed E-state index contributed by atoms with van der Waals surface area (Å²) in [7, 11) is 0. The third-order valence-corrected chi connectivity index (χ3v) is 5.97. The Hall–Kier alpha value is -1.90. The van der Waals surface area contributed by atoms with Crippen molar-refractivity contribution in [3.63, 3.8) is 0 Å². The summed E-state index contributed by atoms with van der Waals surface area (Å²) >= 11 is 1.71. The molecule has 0 spiro atoms. The maximum atomic E-state index is 12.1. The molecule has 1 amide bonds. The normalized spacial score (nSPS) is 25.9. The molecule has 132 valence electrons. The van der Waals surface area contributed by atoms with E-state index in [-0.39, 0.29) is 12.0 Å². The lowest BCUT2D eigenvalue weighted by Gasteiger charge is -2.19. The van der Waals surface area contributed by atoms with Crippen molar-refractivity contribution in [1.29, 1.82) is 0 Å². The number of likely N-dealkylation sites (tertiary alicyclic amines) is 1. The Labute approximate surface area is 150 Å². The number of fused-ring (bicyclic) bond motifs is 1. The van der Waals surface area contributed by atoms with Crippen LogP contribution in [0.3, 0.4) is 0 Å². The van der Waals surface area contributed by atoms with Crippen LogP contribution in [-0.4, -0.2) is 58.1 Å². The second-order valence-corrected chi connectivity index (χ2v) is 7.59. The number of nitrogens with one attached hydrogen (secondary N) is 1. The molecule has 2 saturated heterocycles. The smallest absolute Gasteiger partial charge is 0.271 e. The highest BCUT2D eigenvalue weighted by Gasteiger charge is 2.43. The van der Waals surface area contributed by atoms with Crippen molar-refractivity contribution < 1.29 is 9.53 Å². The lowest BCUT2D eigenvalue weighted by atomic mass is 9.93. The molecule has 2 aromatic rings. The van der Waals surface area contributed by atoms with Gasteiger partial charge in [-0.15, -0.1) is 11.3 Å². The molecule has 0 radical (unpaired) electrons. The van der Waals surface area contributed by atoms with Gasteiger partial charge in [0.15, 0.2) is 0 Å². The van der Waals surface area contributed by atoms with Crippen molar-refractivity contribution in [3.8, 4) is 0 Å². The molecule has 25 heavy (non-hydrogen) atoms. The fourth-order valence-corrected chi connectivity index (χ4v) is 4.45. The second-order valence-electron chi connectivity index (χ2n) is 6.65. The van der Waals surface area contributed by atoms with Crippen LogP contribution in [0, 0.1) is 18.8 Å². The van der Waals surface area contributed by atoms with Gasteiger partial charge in [0.25, 0.3) is 5.91 Å². The van der Waals surface area contributed by atoms with Crippen LogP contribution in [0.4, 0.5) is 0 Å². The van der Waals surface area contributed by atoms with Gasteiger partial charge in [-0.2, -0.15) is 0 Å². The molecule has 4 heterocycles. The number of aryl methyl sites for hydroxylation is 1. The average Bonchev–Trinajstić information content (AvgIpc) is 3.31. The van der Waals surface area contributed by atoms with E-state index < -0.39 is 0 Å². The Morgan fingerprint density at radius 3 is 3.08 bits per heavy atom. The largest absolute Gasteiger partial charge is 0.376 e. The van der Waals surface area contributed by atoms with Crippen LogP contribution in [-0.2, 0) is 11.3 Å². The van der Waals surface area contributed by atoms with E-state index in [0.29, 0.717) is 30.7 Å². The Bertz CT molecular complexity index is 738. The zero-order valence-electron chi connectivity index (χ0n) is 14.1. The summed E-state index contributed by atoms with van der Waals surface area (Å²) in [6.45, 7) is 6.29. The van der Waals surface area contributed by atoms with Crippen LogP contribution < -0.4 is 5.32 Å². The summed E-state index contributed by atoms with van der Waals surface area (Å²) in [4.78, 5) is 28.2. The molecule has 0 unspecified atom stereocenters. The van der Waals surface area contributed by atoms with Gasteiger partial charge in [-0.3, -0.25) is 14.7 Å². The highest BCUT2D eigenvalue weighted by atomic mass is 32.1. The van der Waals surface area contributed by atoms with Crippen molar-refractivity contribution in [2.75, 3.05) is 26.2 Å². The predicted octanol–water partition coefficient (Wildman–Crippen LogP) is 1.12. The van der Waals surface area contributed by atoms with E-state index in [2.05, 4.69) is 32.1 Å². The third kappa shape index (κ3) is 3.56. The molecule has 7 nitrogen and oxygen atoms in total. The number of amides is 1. The zero-order chi connectivity index (χ0) is 17.2. The van der Waals surface area contributed by atoms with Crippen LogP contribution >= 0.6 is 11.3 Å². The first-order chi connectivity index (χ1) is 12.2. The average molecular weight is 359 g/mol. The van der Waals surface area contributed by atoms with Gasteiger partial charge in [-0.05, 0) is 6.92 Å². The number of hydrogen-bond donors (Lipinski definition) is 1. The van der Waals surface area contributed by atoms with E-state index in [4.69, 9.17) is 4.74 Å². The van der Waals surface area contributed by atoms with E-state index >= 15 is 0 Å². The van der Waals surface area contributed by atoms with Gasteiger partial charge in [0.1, 0.15) is 5.69 Å². The highest BCUT2D eigenvalue weighted by Crippen LogP contribution is 2.34. The lowest BCUT2D eigenvalue weighted by molar-refractivity contribution is 0.0901. The molecule has 2 aliphatic rings.